The molecule has 32 heavy (non-hydrogen) atoms. The first kappa shape index (κ1) is 24.3. The lowest BCUT2D eigenvalue weighted by Gasteiger charge is -2.45. The van der Waals surface area contributed by atoms with Gasteiger partial charge >= 0.3 is 12.1 Å². The second-order valence-electron chi connectivity index (χ2n) is 8.61. The number of nitrogens with two attached hydrogens (primary N) is 1. The second-order valence-corrected chi connectivity index (χ2v) is 8.61. The van der Waals surface area contributed by atoms with E-state index in [0.29, 0.717) is 38.5 Å². The molecule has 4 N–H and O–H groups in total. The highest BCUT2D eigenvalue weighted by molar-refractivity contribution is 6.08. The number of unbranched alkanes of at least 4 members (excludes halogenated alkanes) is 1. The molecule has 0 bridgehead atoms. The third-order valence-electron chi connectivity index (χ3n) is 6.38. The number of aliphatic carboxylic acids is 1. The van der Waals surface area contributed by atoms with E-state index < -0.39 is 23.2 Å². The maximum Gasteiger partial charge on any atom is 0.416 e. The third-order valence-corrected chi connectivity index (χ3v) is 6.38. The molecular weight excluding hydrogens is 416 g/mol. The first-order chi connectivity index (χ1) is 15.1. The fourth-order valence-corrected chi connectivity index (χ4v) is 4.23. The number of benzene rings is 2. The maximum atomic E-state index is 12.8. The summed E-state index contributed by atoms with van der Waals surface area (Å²) in [4.78, 5) is 11.7. The molecule has 2 aromatic carbocycles. The first-order valence-electron chi connectivity index (χ1n) is 10.9. The molecule has 0 spiro atoms. The van der Waals surface area contributed by atoms with Gasteiger partial charge in [-0.25, -0.2) is 0 Å². The van der Waals surface area contributed by atoms with E-state index in [0.717, 1.165) is 35.2 Å². The number of carbonyl (C=O) groups is 1. The van der Waals surface area contributed by atoms with Crippen LogP contribution in [0.15, 0.2) is 48.5 Å². The largest absolute Gasteiger partial charge is 0.480 e. The number of alkyl halides is 3. The molecule has 1 aliphatic carbocycles. The number of rotatable bonds is 10. The fourth-order valence-electron chi connectivity index (χ4n) is 4.23. The number of carboxylic acids is 1. The van der Waals surface area contributed by atoms with Gasteiger partial charge in [0.15, 0.2) is 0 Å². The lowest BCUT2D eigenvalue weighted by atomic mass is 9.66. The molecule has 2 aromatic rings. The van der Waals surface area contributed by atoms with Crippen molar-refractivity contribution in [2.24, 2.45) is 11.7 Å². The van der Waals surface area contributed by atoms with Gasteiger partial charge in [-0.3, -0.25) is 4.79 Å². The monoisotopic (exact) mass is 444 g/mol. The van der Waals surface area contributed by atoms with Crippen molar-refractivity contribution in [3.05, 3.63) is 59.7 Å². The van der Waals surface area contributed by atoms with Crippen molar-refractivity contribution in [1.82, 2.24) is 5.32 Å². The fraction of sp³-hybridized carbons (Fsp3) is 0.458. The summed E-state index contributed by atoms with van der Waals surface area (Å²) in [6.45, 7) is 0.587. The van der Waals surface area contributed by atoms with Gasteiger partial charge < -0.3 is 16.2 Å². The molecule has 0 saturated heterocycles. The Morgan fingerprint density at radius 2 is 1.78 bits per heavy atom. The molecule has 0 aromatic heterocycles. The summed E-state index contributed by atoms with van der Waals surface area (Å²) in [7, 11) is 5.50. The highest BCUT2D eigenvalue weighted by Crippen LogP contribution is 2.38. The van der Waals surface area contributed by atoms with Crippen LogP contribution in [-0.4, -0.2) is 30.5 Å². The van der Waals surface area contributed by atoms with Crippen LogP contribution in [0, 0.1) is 5.92 Å². The summed E-state index contributed by atoms with van der Waals surface area (Å²) in [5, 5.41) is 13.1. The average Bonchev–Trinajstić information content (AvgIpc) is 2.72. The quantitative estimate of drug-likeness (QED) is 0.364. The molecule has 1 aliphatic rings. The van der Waals surface area contributed by atoms with Crippen molar-refractivity contribution in [2.45, 2.75) is 62.7 Å². The molecule has 1 saturated carbocycles. The molecule has 1 unspecified atom stereocenters. The van der Waals surface area contributed by atoms with Crippen LogP contribution in [0.3, 0.4) is 0 Å². The highest BCUT2D eigenvalue weighted by atomic mass is 19.4. The Bertz CT molecular complexity index is 914. The summed E-state index contributed by atoms with van der Waals surface area (Å²) in [6, 6.07) is 13.0. The Kier molecular flexibility index (Phi) is 7.67. The van der Waals surface area contributed by atoms with Crippen molar-refractivity contribution in [3.63, 3.8) is 0 Å². The van der Waals surface area contributed by atoms with Gasteiger partial charge in [0, 0.05) is 12.6 Å². The van der Waals surface area contributed by atoms with Crippen molar-refractivity contribution >= 4 is 13.8 Å². The van der Waals surface area contributed by atoms with E-state index in [9.17, 15) is 23.1 Å². The topological polar surface area (TPSA) is 75.4 Å². The maximum absolute atomic E-state index is 12.8. The third kappa shape index (κ3) is 5.72. The minimum atomic E-state index is -4.35. The Morgan fingerprint density at radius 1 is 1.09 bits per heavy atom. The number of nitrogens with one attached hydrogen (secondary N) is 1. The Hall–Kier alpha value is -2.32. The molecule has 1 atom stereocenters. The zero-order chi connectivity index (χ0) is 23.4. The van der Waals surface area contributed by atoms with Crippen molar-refractivity contribution in [2.75, 3.05) is 0 Å². The predicted molar refractivity (Wildman–Crippen MR) is 119 cm³/mol. The number of halogens is 3. The van der Waals surface area contributed by atoms with Crippen LogP contribution in [-0.2, 0) is 17.5 Å². The average molecular weight is 444 g/mol. The van der Waals surface area contributed by atoms with Crippen molar-refractivity contribution < 1.29 is 23.1 Å². The van der Waals surface area contributed by atoms with Crippen LogP contribution in [0.5, 0.6) is 0 Å². The molecule has 170 valence electrons. The van der Waals surface area contributed by atoms with E-state index in [2.05, 4.69) is 5.32 Å². The zero-order valence-electron chi connectivity index (χ0n) is 17.9. The number of carboxylic acid groups (broad SMARTS) is 1. The van der Waals surface area contributed by atoms with Crippen LogP contribution < -0.4 is 11.1 Å². The van der Waals surface area contributed by atoms with E-state index in [-0.39, 0.29) is 12.0 Å². The summed E-state index contributed by atoms with van der Waals surface area (Å²) in [6.07, 6.45) is -0.548. The van der Waals surface area contributed by atoms with Gasteiger partial charge in [0.1, 0.15) is 5.54 Å². The molecule has 4 nitrogen and oxygen atoms in total. The molecule has 1 fully saturated rings. The van der Waals surface area contributed by atoms with Crippen LogP contribution in [0.4, 0.5) is 13.2 Å². The number of hydrogen-bond acceptors (Lipinski definition) is 3. The van der Waals surface area contributed by atoms with Gasteiger partial charge in [0.25, 0.3) is 0 Å². The van der Waals surface area contributed by atoms with Crippen molar-refractivity contribution in [1.29, 1.82) is 0 Å². The lowest BCUT2D eigenvalue weighted by molar-refractivity contribution is -0.148. The Morgan fingerprint density at radius 3 is 2.38 bits per heavy atom. The standard InChI is InChI=1S/C24H28BF3N2O2/c25-11-2-1-10-23(29,22(31)32)20-13-21(14-20)30-15-16-4-3-5-18(12-16)17-6-8-19(9-7-17)24(26,27)28/h3-9,12,20-21,30H,1-2,10-11,13-15,29H2,(H,31,32). The smallest absolute Gasteiger partial charge is 0.416 e. The minimum Gasteiger partial charge on any atom is -0.480 e. The minimum absolute atomic E-state index is 0.0752. The molecule has 3 rings (SSSR count). The van der Waals surface area contributed by atoms with Gasteiger partial charge in [-0.1, -0.05) is 49.5 Å². The van der Waals surface area contributed by atoms with Gasteiger partial charge in [0.05, 0.1) is 13.4 Å². The first-order valence-corrected chi connectivity index (χ1v) is 10.9. The van der Waals surface area contributed by atoms with E-state index >= 15 is 0 Å². The predicted octanol–water partition coefficient (Wildman–Crippen LogP) is 4.78. The Labute approximate surface area is 187 Å². The molecule has 2 radical (unpaired) electrons. The van der Waals surface area contributed by atoms with E-state index in [1.54, 1.807) is 0 Å². The van der Waals surface area contributed by atoms with Gasteiger partial charge in [-0.05, 0) is 60.1 Å². The van der Waals surface area contributed by atoms with Gasteiger partial charge in [0.2, 0.25) is 0 Å². The van der Waals surface area contributed by atoms with E-state index in [4.69, 9.17) is 13.6 Å². The second kappa shape index (κ2) is 10.1. The molecular formula is C24H28BF3N2O2. The van der Waals surface area contributed by atoms with E-state index in [1.165, 1.54) is 12.1 Å². The van der Waals surface area contributed by atoms with Crippen LogP contribution >= 0.6 is 0 Å². The molecule has 0 aliphatic heterocycles. The summed E-state index contributed by atoms with van der Waals surface area (Å²) in [5.74, 6) is -1.03. The van der Waals surface area contributed by atoms with E-state index in [1.807, 2.05) is 24.3 Å². The summed E-state index contributed by atoms with van der Waals surface area (Å²) >= 11 is 0. The zero-order valence-corrected chi connectivity index (χ0v) is 17.9. The summed E-state index contributed by atoms with van der Waals surface area (Å²) < 4.78 is 38.3. The van der Waals surface area contributed by atoms with Crippen LogP contribution in [0.25, 0.3) is 11.1 Å². The SMILES string of the molecule is [B]CCCCC(N)(C(=O)O)C1CC(NCc2cccc(-c3ccc(C(F)(F)F)cc3)c2)C1. The molecule has 0 heterocycles. The van der Waals surface area contributed by atoms with Crippen LogP contribution in [0.1, 0.15) is 43.2 Å². The van der Waals surface area contributed by atoms with Gasteiger partial charge in [-0.2, -0.15) is 13.2 Å². The van der Waals surface area contributed by atoms with Crippen LogP contribution in [0.2, 0.25) is 6.32 Å². The lowest BCUT2D eigenvalue weighted by Crippen LogP contribution is -2.60. The Balaban J connectivity index is 1.55. The summed E-state index contributed by atoms with van der Waals surface area (Å²) in [5.41, 5.74) is 6.93. The molecule has 0 amide bonds. The molecule has 8 heteroatoms. The number of hydrogen-bond donors (Lipinski definition) is 3. The normalized spacial score (nSPS) is 20.4. The van der Waals surface area contributed by atoms with Crippen molar-refractivity contribution in [3.8, 4) is 11.1 Å². The van der Waals surface area contributed by atoms with Gasteiger partial charge in [-0.15, -0.1) is 0 Å². The highest BCUT2D eigenvalue weighted by Gasteiger charge is 2.47.